The van der Waals surface area contributed by atoms with Gasteiger partial charge in [0.25, 0.3) is 0 Å². The Hall–Kier alpha value is -0.990. The molecule has 0 radical (unpaired) electrons. The number of esters is 1. The van der Waals surface area contributed by atoms with Crippen molar-refractivity contribution in [3.05, 3.63) is 11.8 Å². The van der Waals surface area contributed by atoms with Gasteiger partial charge in [0.2, 0.25) is 0 Å². The van der Waals surface area contributed by atoms with E-state index in [1.807, 2.05) is 6.92 Å². The van der Waals surface area contributed by atoms with Gasteiger partial charge < -0.3 is 9.64 Å². The summed E-state index contributed by atoms with van der Waals surface area (Å²) in [5.41, 5.74) is 1.45. The van der Waals surface area contributed by atoms with E-state index in [1.54, 1.807) is 0 Å². The summed E-state index contributed by atoms with van der Waals surface area (Å²) < 4.78 is 4.99. The van der Waals surface area contributed by atoms with Crippen molar-refractivity contribution >= 4 is 5.97 Å². The van der Waals surface area contributed by atoms with E-state index in [0.29, 0.717) is 13.0 Å². The van der Waals surface area contributed by atoms with Crippen LogP contribution < -0.4 is 0 Å². The molecule has 0 N–H and O–H groups in total. The van der Waals surface area contributed by atoms with Gasteiger partial charge in [-0.15, -0.1) is 0 Å². The van der Waals surface area contributed by atoms with E-state index in [2.05, 4.69) is 32.0 Å². The van der Waals surface area contributed by atoms with Gasteiger partial charge >= 0.3 is 5.97 Å². The Morgan fingerprint density at radius 1 is 0.645 bits per heavy atom. The fourth-order valence-electron chi connectivity index (χ4n) is 4.10. The maximum absolute atomic E-state index is 11.4. The molecule has 3 heteroatoms. The van der Waals surface area contributed by atoms with Crippen LogP contribution in [0.2, 0.25) is 0 Å². The minimum absolute atomic E-state index is 0.0521. The van der Waals surface area contributed by atoms with Crippen LogP contribution in [0.4, 0.5) is 0 Å². The zero-order chi connectivity index (χ0) is 23.0. The Kier molecular flexibility index (Phi) is 22.9. The van der Waals surface area contributed by atoms with Crippen LogP contribution in [0.1, 0.15) is 142 Å². The third-order valence-corrected chi connectivity index (χ3v) is 6.13. The molecule has 0 aromatic rings. The van der Waals surface area contributed by atoms with Crippen LogP contribution in [0.15, 0.2) is 11.8 Å². The van der Waals surface area contributed by atoms with E-state index >= 15 is 0 Å². The van der Waals surface area contributed by atoms with E-state index in [1.165, 1.54) is 102 Å². The Morgan fingerprint density at radius 3 is 1.58 bits per heavy atom. The lowest BCUT2D eigenvalue weighted by Crippen LogP contribution is -2.11. The van der Waals surface area contributed by atoms with Crippen LogP contribution in [0.25, 0.3) is 0 Å². The Labute approximate surface area is 195 Å². The molecule has 0 atom stereocenters. The number of ether oxygens (including phenoxy) is 1. The molecule has 0 aromatic heterocycles. The summed E-state index contributed by atoms with van der Waals surface area (Å²) in [6.07, 6.45) is 28.4. The summed E-state index contributed by atoms with van der Waals surface area (Å²) in [6.45, 7) is 4.65. The molecule has 0 saturated carbocycles. The standard InChI is InChI=1S/C28H55NO2/c1-5-7-8-9-10-11-12-13-14-15-16-17-18-19-21-24-27(29(3)4)25-22-20-23-26-28(30)31-6-2/h24H,5-23,25-26H2,1-4H3/b27-24-. The van der Waals surface area contributed by atoms with Crippen molar-refractivity contribution in [2.24, 2.45) is 0 Å². The zero-order valence-corrected chi connectivity index (χ0v) is 21.7. The quantitative estimate of drug-likeness (QED) is 0.118. The average Bonchev–Trinajstić information content (AvgIpc) is 2.74. The molecule has 31 heavy (non-hydrogen) atoms. The smallest absolute Gasteiger partial charge is 0.305 e. The number of allylic oxidation sites excluding steroid dienone is 2. The van der Waals surface area contributed by atoms with Gasteiger partial charge in [-0.3, -0.25) is 4.79 Å². The fraction of sp³-hybridized carbons (Fsp3) is 0.893. The first-order chi connectivity index (χ1) is 15.1. The van der Waals surface area contributed by atoms with Crippen molar-refractivity contribution in [2.45, 2.75) is 142 Å². The maximum Gasteiger partial charge on any atom is 0.305 e. The zero-order valence-electron chi connectivity index (χ0n) is 21.7. The second-order valence-corrected chi connectivity index (χ2v) is 9.34. The summed E-state index contributed by atoms with van der Waals surface area (Å²) in [5, 5.41) is 0. The van der Waals surface area contributed by atoms with Crippen molar-refractivity contribution in [3.63, 3.8) is 0 Å². The lowest BCUT2D eigenvalue weighted by molar-refractivity contribution is -0.143. The van der Waals surface area contributed by atoms with Gasteiger partial charge in [-0.25, -0.2) is 0 Å². The summed E-state index contributed by atoms with van der Waals surface area (Å²) in [4.78, 5) is 13.6. The number of unbranched alkanes of at least 4 members (excludes halogenated alkanes) is 16. The Balaban J connectivity index is 3.55. The molecule has 0 bridgehead atoms. The van der Waals surface area contributed by atoms with E-state index in [9.17, 15) is 4.79 Å². The highest BCUT2D eigenvalue weighted by molar-refractivity contribution is 5.69. The van der Waals surface area contributed by atoms with Gasteiger partial charge in [-0.2, -0.15) is 0 Å². The number of rotatable bonds is 23. The van der Waals surface area contributed by atoms with Crippen LogP contribution in [-0.2, 0) is 9.53 Å². The first-order valence-electron chi connectivity index (χ1n) is 13.6. The van der Waals surface area contributed by atoms with E-state index in [-0.39, 0.29) is 5.97 Å². The number of carbonyl (C=O) groups is 1. The van der Waals surface area contributed by atoms with Crippen LogP contribution in [0.3, 0.4) is 0 Å². The molecule has 0 unspecified atom stereocenters. The molecule has 0 heterocycles. The highest BCUT2D eigenvalue weighted by Crippen LogP contribution is 2.16. The number of nitrogens with zero attached hydrogens (tertiary/aromatic N) is 1. The maximum atomic E-state index is 11.4. The first kappa shape index (κ1) is 30.0. The molecule has 0 aromatic carbocycles. The molecule has 3 nitrogen and oxygen atoms in total. The normalized spacial score (nSPS) is 11.7. The largest absolute Gasteiger partial charge is 0.466 e. The van der Waals surface area contributed by atoms with Gasteiger partial charge in [0.1, 0.15) is 0 Å². The molecular weight excluding hydrogens is 382 g/mol. The lowest BCUT2D eigenvalue weighted by Gasteiger charge is -2.17. The van der Waals surface area contributed by atoms with Crippen molar-refractivity contribution < 1.29 is 9.53 Å². The van der Waals surface area contributed by atoms with E-state index < -0.39 is 0 Å². The van der Waals surface area contributed by atoms with Gasteiger partial charge in [-0.05, 0) is 39.0 Å². The molecule has 0 aliphatic carbocycles. The molecule has 0 saturated heterocycles. The molecular formula is C28H55NO2. The lowest BCUT2D eigenvalue weighted by atomic mass is 10.0. The van der Waals surface area contributed by atoms with Crippen LogP contribution in [0.5, 0.6) is 0 Å². The summed E-state index contributed by atoms with van der Waals surface area (Å²) in [6, 6.07) is 0. The van der Waals surface area contributed by atoms with Gasteiger partial charge in [0.15, 0.2) is 0 Å². The molecule has 0 spiro atoms. The SMILES string of the molecule is CCCCCCCCCCCCCCCC/C=C(/CCCCCC(=O)OCC)N(C)C. The molecule has 0 rings (SSSR count). The fourth-order valence-corrected chi connectivity index (χ4v) is 4.10. The van der Waals surface area contributed by atoms with Crippen LogP contribution >= 0.6 is 0 Å². The number of hydrogen-bond acceptors (Lipinski definition) is 3. The molecule has 0 amide bonds. The first-order valence-corrected chi connectivity index (χ1v) is 13.6. The third-order valence-electron chi connectivity index (χ3n) is 6.13. The summed E-state index contributed by atoms with van der Waals surface area (Å²) >= 11 is 0. The third kappa shape index (κ3) is 22.0. The second kappa shape index (κ2) is 23.7. The van der Waals surface area contributed by atoms with E-state index in [0.717, 1.165) is 25.7 Å². The predicted molar refractivity (Wildman–Crippen MR) is 136 cm³/mol. The van der Waals surface area contributed by atoms with Crippen molar-refractivity contribution in [1.82, 2.24) is 4.90 Å². The average molecular weight is 438 g/mol. The number of hydrogen-bond donors (Lipinski definition) is 0. The molecule has 0 aliphatic heterocycles. The van der Waals surface area contributed by atoms with Crippen molar-refractivity contribution in [1.29, 1.82) is 0 Å². The van der Waals surface area contributed by atoms with Crippen molar-refractivity contribution in [3.8, 4) is 0 Å². The Morgan fingerprint density at radius 2 is 1.10 bits per heavy atom. The summed E-state index contributed by atoms with van der Waals surface area (Å²) in [5.74, 6) is -0.0521. The van der Waals surface area contributed by atoms with E-state index in [4.69, 9.17) is 4.74 Å². The number of carbonyl (C=O) groups excluding carboxylic acids is 1. The van der Waals surface area contributed by atoms with Crippen LogP contribution in [0, 0.1) is 0 Å². The monoisotopic (exact) mass is 437 g/mol. The Bertz CT molecular complexity index is 417. The minimum atomic E-state index is -0.0521. The minimum Gasteiger partial charge on any atom is -0.466 e. The van der Waals surface area contributed by atoms with Gasteiger partial charge in [0, 0.05) is 26.2 Å². The highest BCUT2D eigenvalue weighted by atomic mass is 16.5. The van der Waals surface area contributed by atoms with Gasteiger partial charge in [-0.1, -0.05) is 103 Å². The molecule has 0 aliphatic rings. The second-order valence-electron chi connectivity index (χ2n) is 9.34. The summed E-state index contributed by atoms with van der Waals surface area (Å²) in [7, 11) is 4.30. The van der Waals surface area contributed by atoms with Crippen LogP contribution in [-0.4, -0.2) is 31.6 Å². The highest BCUT2D eigenvalue weighted by Gasteiger charge is 2.03. The van der Waals surface area contributed by atoms with Crippen molar-refractivity contribution in [2.75, 3.05) is 20.7 Å². The predicted octanol–water partition coefficient (Wildman–Crippen LogP) is 8.82. The topological polar surface area (TPSA) is 29.5 Å². The molecule has 184 valence electrons. The van der Waals surface area contributed by atoms with Gasteiger partial charge in [0.05, 0.1) is 6.61 Å². The molecule has 0 fully saturated rings.